The van der Waals surface area contributed by atoms with E-state index in [4.69, 9.17) is 0 Å². The van der Waals surface area contributed by atoms with Gasteiger partial charge >= 0.3 is 0 Å². The fourth-order valence-corrected chi connectivity index (χ4v) is 2.56. The molecule has 2 nitrogen and oxygen atoms in total. The Labute approximate surface area is 116 Å². The molecule has 0 bridgehead atoms. The van der Waals surface area contributed by atoms with Gasteiger partial charge in [-0.1, -0.05) is 12.1 Å². The van der Waals surface area contributed by atoms with Crippen LogP contribution >= 0.6 is 11.3 Å². The van der Waals surface area contributed by atoms with Crippen LogP contribution in [0.3, 0.4) is 0 Å². The highest BCUT2D eigenvalue weighted by Gasteiger charge is 2.12. The minimum absolute atomic E-state index is 0.200. The zero-order valence-corrected chi connectivity index (χ0v) is 11.9. The van der Waals surface area contributed by atoms with Gasteiger partial charge in [-0.15, -0.1) is 11.3 Å². The maximum atomic E-state index is 13.8. The molecule has 102 valence electrons. The van der Waals surface area contributed by atoms with E-state index in [1.807, 2.05) is 23.6 Å². The first-order chi connectivity index (χ1) is 8.96. The largest absolute Gasteiger partial charge is 0.389 e. The molecule has 0 amide bonds. The van der Waals surface area contributed by atoms with E-state index in [-0.39, 0.29) is 5.82 Å². The summed E-state index contributed by atoms with van der Waals surface area (Å²) in [5, 5.41) is 14.7. The van der Waals surface area contributed by atoms with Gasteiger partial charge < -0.3 is 10.4 Å². The fraction of sp³-hybridized carbons (Fsp3) is 0.333. The summed E-state index contributed by atoms with van der Waals surface area (Å²) in [6, 6.07) is 8.95. The lowest BCUT2D eigenvalue weighted by atomic mass is 10.1. The molecular formula is C15H18FNOS. The molecule has 0 atom stereocenters. The molecule has 1 aromatic carbocycles. The van der Waals surface area contributed by atoms with E-state index in [1.165, 1.54) is 17.4 Å². The van der Waals surface area contributed by atoms with Crippen molar-refractivity contribution in [2.45, 2.75) is 26.0 Å². The van der Waals surface area contributed by atoms with Crippen molar-refractivity contribution >= 4 is 11.3 Å². The molecule has 0 radical (unpaired) electrons. The summed E-state index contributed by atoms with van der Waals surface area (Å²) < 4.78 is 13.8. The Kier molecular flexibility index (Phi) is 4.34. The molecule has 0 aliphatic carbocycles. The van der Waals surface area contributed by atoms with Gasteiger partial charge in [-0.3, -0.25) is 0 Å². The Morgan fingerprint density at radius 1 is 1.32 bits per heavy atom. The maximum Gasteiger partial charge on any atom is 0.131 e. The lowest BCUT2D eigenvalue weighted by Crippen LogP contribution is -2.34. The molecule has 0 aliphatic rings. The molecule has 4 heteroatoms. The summed E-state index contributed by atoms with van der Waals surface area (Å²) in [6.07, 6.45) is 0. The van der Waals surface area contributed by atoms with Gasteiger partial charge in [0.2, 0.25) is 0 Å². The molecule has 0 spiro atoms. The van der Waals surface area contributed by atoms with Crippen molar-refractivity contribution in [1.82, 2.24) is 5.32 Å². The second-order valence-electron chi connectivity index (χ2n) is 5.21. The van der Waals surface area contributed by atoms with E-state index < -0.39 is 5.60 Å². The Hall–Kier alpha value is -1.23. The van der Waals surface area contributed by atoms with Gasteiger partial charge in [0, 0.05) is 23.5 Å². The van der Waals surface area contributed by atoms with Crippen LogP contribution in [0.4, 0.5) is 4.39 Å². The fourth-order valence-electron chi connectivity index (χ4n) is 1.82. The van der Waals surface area contributed by atoms with Crippen LogP contribution in [-0.4, -0.2) is 17.3 Å². The molecule has 1 aromatic heterocycles. The zero-order chi connectivity index (χ0) is 13.9. The van der Waals surface area contributed by atoms with Gasteiger partial charge in [0.1, 0.15) is 5.82 Å². The van der Waals surface area contributed by atoms with Gasteiger partial charge in [0.25, 0.3) is 0 Å². The third kappa shape index (κ3) is 4.13. The van der Waals surface area contributed by atoms with E-state index in [1.54, 1.807) is 19.9 Å². The molecule has 2 aromatic rings. The molecule has 0 aliphatic heterocycles. The number of hydrogen-bond donors (Lipinski definition) is 2. The van der Waals surface area contributed by atoms with Gasteiger partial charge in [-0.25, -0.2) is 4.39 Å². The number of halogens is 1. The molecule has 0 unspecified atom stereocenters. The van der Waals surface area contributed by atoms with E-state index in [9.17, 15) is 9.50 Å². The van der Waals surface area contributed by atoms with E-state index in [0.717, 1.165) is 10.4 Å². The number of benzene rings is 1. The minimum atomic E-state index is -0.739. The average molecular weight is 279 g/mol. The van der Waals surface area contributed by atoms with Gasteiger partial charge in [-0.05, 0) is 43.0 Å². The number of nitrogens with one attached hydrogen (secondary N) is 1. The van der Waals surface area contributed by atoms with Crippen LogP contribution in [0, 0.1) is 5.82 Å². The first-order valence-electron chi connectivity index (χ1n) is 6.21. The average Bonchev–Trinajstić information content (AvgIpc) is 2.83. The molecule has 0 saturated heterocycles. The standard InChI is InChI=1S/C15H18FNOS/c1-15(2,18)10-17-9-11-5-6-13(16)12(8-11)14-4-3-7-19-14/h3-8,17-18H,9-10H2,1-2H3. The highest BCUT2D eigenvalue weighted by molar-refractivity contribution is 7.13. The second-order valence-corrected chi connectivity index (χ2v) is 6.16. The third-order valence-electron chi connectivity index (χ3n) is 2.70. The van der Waals surface area contributed by atoms with E-state index >= 15 is 0 Å². The lowest BCUT2D eigenvalue weighted by molar-refractivity contribution is 0.0795. The summed E-state index contributed by atoms with van der Waals surface area (Å²) >= 11 is 1.53. The molecule has 1 heterocycles. The van der Waals surface area contributed by atoms with Crippen LogP contribution in [0.15, 0.2) is 35.7 Å². The SMILES string of the molecule is CC(C)(O)CNCc1ccc(F)c(-c2cccs2)c1. The molecule has 0 saturated carbocycles. The highest BCUT2D eigenvalue weighted by Crippen LogP contribution is 2.28. The van der Waals surface area contributed by atoms with Crippen molar-refractivity contribution in [2.75, 3.05) is 6.54 Å². The zero-order valence-electron chi connectivity index (χ0n) is 11.1. The molecular weight excluding hydrogens is 261 g/mol. The molecule has 2 N–H and O–H groups in total. The molecule has 19 heavy (non-hydrogen) atoms. The maximum absolute atomic E-state index is 13.8. The van der Waals surface area contributed by atoms with E-state index in [0.29, 0.717) is 18.7 Å². The van der Waals surface area contributed by atoms with Crippen molar-refractivity contribution in [3.63, 3.8) is 0 Å². The van der Waals surface area contributed by atoms with Crippen molar-refractivity contribution in [3.05, 3.63) is 47.1 Å². The number of aliphatic hydroxyl groups is 1. The summed E-state index contributed by atoms with van der Waals surface area (Å²) in [4.78, 5) is 0.932. The summed E-state index contributed by atoms with van der Waals surface area (Å²) in [5.74, 6) is -0.200. The van der Waals surface area contributed by atoms with Crippen LogP contribution in [-0.2, 0) is 6.54 Å². The van der Waals surface area contributed by atoms with Crippen LogP contribution in [0.5, 0.6) is 0 Å². The lowest BCUT2D eigenvalue weighted by Gasteiger charge is -2.17. The predicted octanol–water partition coefficient (Wildman–Crippen LogP) is 3.41. The summed E-state index contributed by atoms with van der Waals surface area (Å²) in [5.41, 5.74) is 0.906. The quantitative estimate of drug-likeness (QED) is 0.879. The van der Waals surface area contributed by atoms with Crippen molar-refractivity contribution < 1.29 is 9.50 Å². The number of thiophene rings is 1. The second kappa shape index (κ2) is 5.82. The van der Waals surface area contributed by atoms with E-state index in [2.05, 4.69) is 5.32 Å². The van der Waals surface area contributed by atoms with Crippen molar-refractivity contribution in [1.29, 1.82) is 0 Å². The first-order valence-corrected chi connectivity index (χ1v) is 7.09. The van der Waals surface area contributed by atoms with Crippen molar-refractivity contribution in [2.24, 2.45) is 0 Å². The Balaban J connectivity index is 2.09. The van der Waals surface area contributed by atoms with Crippen LogP contribution in [0.1, 0.15) is 19.4 Å². The summed E-state index contributed by atoms with van der Waals surface area (Å²) in [6.45, 7) is 4.62. The first kappa shape index (κ1) is 14.2. The van der Waals surface area contributed by atoms with Crippen LogP contribution in [0.2, 0.25) is 0 Å². The smallest absolute Gasteiger partial charge is 0.131 e. The predicted molar refractivity (Wildman–Crippen MR) is 77.7 cm³/mol. The van der Waals surface area contributed by atoms with Crippen molar-refractivity contribution in [3.8, 4) is 10.4 Å². The van der Waals surface area contributed by atoms with Gasteiger partial charge in [-0.2, -0.15) is 0 Å². The van der Waals surface area contributed by atoms with Crippen LogP contribution < -0.4 is 5.32 Å². The third-order valence-corrected chi connectivity index (χ3v) is 3.61. The Morgan fingerprint density at radius 3 is 2.74 bits per heavy atom. The van der Waals surface area contributed by atoms with Crippen LogP contribution in [0.25, 0.3) is 10.4 Å². The topological polar surface area (TPSA) is 32.3 Å². The van der Waals surface area contributed by atoms with Gasteiger partial charge in [0.05, 0.1) is 5.60 Å². The van der Waals surface area contributed by atoms with Gasteiger partial charge in [0.15, 0.2) is 0 Å². The normalized spacial score (nSPS) is 11.8. The summed E-state index contributed by atoms with van der Waals surface area (Å²) in [7, 11) is 0. The number of rotatable bonds is 5. The minimum Gasteiger partial charge on any atom is -0.389 e. The Morgan fingerprint density at radius 2 is 2.11 bits per heavy atom. The molecule has 2 rings (SSSR count). The monoisotopic (exact) mass is 279 g/mol. The molecule has 0 fully saturated rings. The Bertz CT molecular complexity index is 532. The highest BCUT2D eigenvalue weighted by atomic mass is 32.1. The number of hydrogen-bond acceptors (Lipinski definition) is 3.